The molecular weight excluding hydrogens is 497 g/mol. The summed E-state index contributed by atoms with van der Waals surface area (Å²) in [7, 11) is 0. The van der Waals surface area contributed by atoms with Crippen molar-refractivity contribution in [3.05, 3.63) is 81.7 Å². The average Bonchev–Trinajstić information content (AvgIpc) is 3.40. The molecule has 0 saturated carbocycles. The van der Waals surface area contributed by atoms with Crippen LogP contribution in [-0.4, -0.2) is 22.8 Å². The van der Waals surface area contributed by atoms with E-state index in [4.69, 9.17) is 33.0 Å². The highest BCUT2D eigenvalue weighted by molar-refractivity contribution is 8.27. The molecule has 2 heterocycles. The highest BCUT2D eigenvalue weighted by Crippen LogP contribution is 2.37. The Hall–Kier alpha value is -2.94. The summed E-state index contributed by atoms with van der Waals surface area (Å²) in [5.41, 5.74) is 1.64. The summed E-state index contributed by atoms with van der Waals surface area (Å²) >= 11 is 12.3. The molecule has 0 aliphatic carbocycles. The molecule has 1 aliphatic heterocycles. The van der Waals surface area contributed by atoms with Gasteiger partial charge in [0.15, 0.2) is 4.32 Å². The number of ether oxygens (including phenoxy) is 1. The molecule has 1 amide bonds. The number of carbonyl (C=O) groups excluding carboxylic acids is 2. The lowest BCUT2D eigenvalue weighted by molar-refractivity contribution is -0.113. The van der Waals surface area contributed by atoms with Crippen LogP contribution in [0.3, 0.4) is 0 Å². The van der Waals surface area contributed by atoms with Gasteiger partial charge in [-0.15, -0.1) is 0 Å². The summed E-state index contributed by atoms with van der Waals surface area (Å²) in [6.45, 7) is 2.43. The number of thioether (sulfide) groups is 1. The number of unbranched alkanes of at least 4 members (excludes halogenated alkanes) is 1. The standard InChI is InChI=1S/C25H19ClFNO4S2/c1-2-3-12-31-24(30)16-6-4-15(5-7-16)21-11-9-18(32-21)14-22-23(29)28(25(33)34-22)17-8-10-20(27)19(26)13-17/h4-11,13-14H,2-3,12H2,1H3/b22-14+. The van der Waals surface area contributed by atoms with Crippen molar-refractivity contribution in [3.63, 3.8) is 0 Å². The van der Waals surface area contributed by atoms with Crippen molar-refractivity contribution in [2.45, 2.75) is 19.8 Å². The summed E-state index contributed by atoms with van der Waals surface area (Å²) < 4.78 is 24.9. The van der Waals surface area contributed by atoms with Gasteiger partial charge in [0, 0.05) is 11.6 Å². The molecule has 5 nitrogen and oxygen atoms in total. The minimum Gasteiger partial charge on any atom is -0.462 e. The molecule has 3 aromatic rings. The molecule has 0 bridgehead atoms. The normalized spacial score (nSPS) is 14.8. The Bertz CT molecular complexity index is 1290. The summed E-state index contributed by atoms with van der Waals surface area (Å²) in [5, 5.41) is -0.0913. The van der Waals surface area contributed by atoms with Crippen LogP contribution in [0, 0.1) is 5.82 Å². The van der Waals surface area contributed by atoms with Gasteiger partial charge in [0.2, 0.25) is 0 Å². The zero-order valence-corrected chi connectivity index (χ0v) is 20.4. The van der Waals surface area contributed by atoms with Crippen LogP contribution in [0.5, 0.6) is 0 Å². The van der Waals surface area contributed by atoms with E-state index in [0.29, 0.717) is 38.6 Å². The molecule has 2 aromatic carbocycles. The minimum atomic E-state index is -0.573. The average molecular weight is 516 g/mol. The molecule has 1 aromatic heterocycles. The molecule has 4 rings (SSSR count). The molecule has 1 fully saturated rings. The lowest BCUT2D eigenvalue weighted by Crippen LogP contribution is -2.27. The van der Waals surface area contributed by atoms with Gasteiger partial charge < -0.3 is 9.15 Å². The lowest BCUT2D eigenvalue weighted by Gasteiger charge is -2.14. The van der Waals surface area contributed by atoms with Crippen molar-refractivity contribution in [2.24, 2.45) is 0 Å². The van der Waals surface area contributed by atoms with Crippen molar-refractivity contribution in [1.82, 2.24) is 0 Å². The number of hydrogen-bond donors (Lipinski definition) is 0. The van der Waals surface area contributed by atoms with E-state index < -0.39 is 5.82 Å². The van der Waals surface area contributed by atoms with Gasteiger partial charge in [-0.25, -0.2) is 9.18 Å². The second-order valence-electron chi connectivity index (χ2n) is 7.38. The third-order valence-corrected chi connectivity index (χ3v) is 6.58. The number of carbonyl (C=O) groups is 2. The van der Waals surface area contributed by atoms with Crippen molar-refractivity contribution in [1.29, 1.82) is 0 Å². The fourth-order valence-corrected chi connectivity index (χ4v) is 4.65. The Labute approximate surface area is 210 Å². The van der Waals surface area contributed by atoms with E-state index in [1.165, 1.54) is 23.1 Å². The first kappa shape index (κ1) is 24.2. The van der Waals surface area contributed by atoms with Crippen molar-refractivity contribution in [2.75, 3.05) is 11.5 Å². The Balaban J connectivity index is 1.48. The first-order chi connectivity index (χ1) is 16.4. The number of amides is 1. The van der Waals surface area contributed by atoms with E-state index in [0.717, 1.165) is 30.2 Å². The van der Waals surface area contributed by atoms with Gasteiger partial charge in [-0.2, -0.15) is 0 Å². The summed E-state index contributed by atoms with van der Waals surface area (Å²) in [5.74, 6) is -0.226. The predicted molar refractivity (Wildman–Crippen MR) is 136 cm³/mol. The quantitative estimate of drug-likeness (QED) is 0.145. The van der Waals surface area contributed by atoms with E-state index in [1.54, 1.807) is 42.5 Å². The van der Waals surface area contributed by atoms with Crippen LogP contribution in [0.15, 0.2) is 63.9 Å². The maximum absolute atomic E-state index is 13.5. The first-order valence-corrected chi connectivity index (χ1v) is 12.1. The number of nitrogens with zero attached hydrogens (tertiary/aromatic N) is 1. The van der Waals surface area contributed by atoms with Gasteiger partial charge in [0.05, 0.1) is 27.8 Å². The number of hydrogen-bond acceptors (Lipinski definition) is 6. The highest BCUT2D eigenvalue weighted by atomic mass is 35.5. The first-order valence-electron chi connectivity index (χ1n) is 10.5. The molecule has 34 heavy (non-hydrogen) atoms. The Morgan fingerprint density at radius 2 is 1.97 bits per heavy atom. The van der Waals surface area contributed by atoms with Gasteiger partial charge in [-0.1, -0.05) is 61.1 Å². The van der Waals surface area contributed by atoms with Crippen molar-refractivity contribution in [3.8, 4) is 11.3 Å². The Morgan fingerprint density at radius 3 is 2.68 bits per heavy atom. The van der Waals surface area contributed by atoms with E-state index in [9.17, 15) is 14.0 Å². The molecule has 0 radical (unpaired) electrons. The summed E-state index contributed by atoms with van der Waals surface area (Å²) in [4.78, 5) is 26.7. The Morgan fingerprint density at radius 1 is 1.21 bits per heavy atom. The second kappa shape index (κ2) is 10.5. The molecule has 0 unspecified atom stereocenters. The molecule has 0 spiro atoms. The van der Waals surface area contributed by atoms with E-state index >= 15 is 0 Å². The van der Waals surface area contributed by atoms with Crippen molar-refractivity contribution >= 4 is 63.5 Å². The van der Waals surface area contributed by atoms with Crippen LogP contribution < -0.4 is 4.90 Å². The highest BCUT2D eigenvalue weighted by Gasteiger charge is 2.34. The van der Waals surface area contributed by atoms with Gasteiger partial charge >= 0.3 is 5.97 Å². The van der Waals surface area contributed by atoms with Crippen LogP contribution >= 0.6 is 35.6 Å². The lowest BCUT2D eigenvalue weighted by atomic mass is 10.1. The Kier molecular flexibility index (Phi) is 7.50. The zero-order valence-electron chi connectivity index (χ0n) is 18.0. The monoisotopic (exact) mass is 515 g/mol. The topological polar surface area (TPSA) is 59.8 Å². The number of rotatable bonds is 7. The molecule has 0 N–H and O–H groups in total. The molecular formula is C25H19ClFNO4S2. The smallest absolute Gasteiger partial charge is 0.338 e. The van der Waals surface area contributed by atoms with Crippen LogP contribution in [-0.2, 0) is 9.53 Å². The number of anilines is 1. The number of thiocarbonyl (C=S) groups is 1. The number of halogens is 2. The van der Waals surface area contributed by atoms with Crippen LogP contribution in [0.4, 0.5) is 10.1 Å². The fraction of sp³-hybridized carbons (Fsp3) is 0.160. The zero-order chi connectivity index (χ0) is 24.2. The van der Waals surface area contributed by atoms with Crippen LogP contribution in [0.1, 0.15) is 35.9 Å². The minimum absolute atomic E-state index is 0.0913. The van der Waals surface area contributed by atoms with Crippen LogP contribution in [0.25, 0.3) is 17.4 Å². The van der Waals surface area contributed by atoms with E-state index in [1.807, 2.05) is 6.92 Å². The third-order valence-electron chi connectivity index (χ3n) is 4.99. The number of benzene rings is 2. The molecule has 0 atom stereocenters. The molecule has 1 saturated heterocycles. The summed E-state index contributed by atoms with van der Waals surface area (Å²) in [6, 6.07) is 14.4. The predicted octanol–water partition coefficient (Wildman–Crippen LogP) is 7.10. The fourth-order valence-electron chi connectivity index (χ4n) is 3.19. The third kappa shape index (κ3) is 5.24. The number of furan rings is 1. The second-order valence-corrected chi connectivity index (χ2v) is 9.47. The molecule has 174 valence electrons. The molecule has 9 heteroatoms. The maximum Gasteiger partial charge on any atom is 0.338 e. The number of esters is 1. The van der Waals surface area contributed by atoms with Gasteiger partial charge in [-0.05, 0) is 48.9 Å². The largest absolute Gasteiger partial charge is 0.462 e. The van der Waals surface area contributed by atoms with E-state index in [2.05, 4.69) is 0 Å². The van der Waals surface area contributed by atoms with Crippen molar-refractivity contribution < 1.29 is 23.1 Å². The summed E-state index contributed by atoms with van der Waals surface area (Å²) in [6.07, 6.45) is 3.39. The maximum atomic E-state index is 13.5. The van der Waals surface area contributed by atoms with E-state index in [-0.39, 0.29) is 16.9 Å². The SMILES string of the molecule is CCCCOC(=O)c1ccc(-c2ccc(/C=C3/SC(=S)N(c4ccc(F)c(Cl)c4)C3=O)o2)cc1. The van der Waals surface area contributed by atoms with Gasteiger partial charge in [0.1, 0.15) is 17.3 Å². The van der Waals surface area contributed by atoms with Gasteiger partial charge in [-0.3, -0.25) is 9.69 Å². The van der Waals surface area contributed by atoms with Crippen LogP contribution in [0.2, 0.25) is 5.02 Å². The van der Waals surface area contributed by atoms with Gasteiger partial charge in [0.25, 0.3) is 5.91 Å². The molecule has 1 aliphatic rings.